The van der Waals surface area contributed by atoms with Crippen molar-refractivity contribution in [1.29, 1.82) is 0 Å². The summed E-state index contributed by atoms with van der Waals surface area (Å²) in [5.41, 5.74) is 1.91. The van der Waals surface area contributed by atoms with Crippen LogP contribution in [-0.2, 0) is 0 Å². The highest BCUT2D eigenvalue weighted by atomic mass is 16.1. The fraction of sp³-hybridized carbons (Fsp3) is 0.182. The van der Waals surface area contributed by atoms with E-state index in [-0.39, 0.29) is 0 Å². The molecule has 0 saturated carbocycles. The van der Waals surface area contributed by atoms with Crippen molar-refractivity contribution >= 4 is 23.1 Å². The van der Waals surface area contributed by atoms with Crippen LogP contribution in [0.25, 0.3) is 11.0 Å². The number of nitrogens with zero attached hydrogens (tertiary/aromatic N) is 3. The summed E-state index contributed by atoms with van der Waals surface area (Å²) in [7, 11) is 3.68. The Balaban J connectivity index is 2.74. The van der Waals surface area contributed by atoms with E-state index in [0.717, 1.165) is 17.3 Å². The van der Waals surface area contributed by atoms with Crippen LogP contribution in [0.2, 0.25) is 0 Å². The topological polar surface area (TPSA) is 46.1 Å². The average molecular weight is 201 g/mol. The minimum Gasteiger partial charge on any atom is -0.361 e. The second-order valence-corrected chi connectivity index (χ2v) is 3.43. The molecule has 2 rings (SSSR count). The van der Waals surface area contributed by atoms with Gasteiger partial charge in [-0.3, -0.25) is 4.79 Å². The summed E-state index contributed by atoms with van der Waals surface area (Å²) in [5, 5.41) is 0. The van der Waals surface area contributed by atoms with Crippen molar-refractivity contribution in [1.82, 2.24) is 9.97 Å². The number of fused-ring (bicyclic) bond motifs is 1. The van der Waals surface area contributed by atoms with E-state index >= 15 is 0 Å². The molecule has 4 heteroatoms. The molecule has 15 heavy (non-hydrogen) atoms. The van der Waals surface area contributed by atoms with Crippen molar-refractivity contribution in [3.63, 3.8) is 0 Å². The van der Waals surface area contributed by atoms with Crippen molar-refractivity contribution in [2.75, 3.05) is 19.0 Å². The van der Waals surface area contributed by atoms with Gasteiger partial charge in [-0.15, -0.1) is 0 Å². The van der Waals surface area contributed by atoms with Crippen molar-refractivity contribution in [2.24, 2.45) is 0 Å². The van der Waals surface area contributed by atoms with Gasteiger partial charge in [-0.25, -0.2) is 9.97 Å². The van der Waals surface area contributed by atoms with Gasteiger partial charge in [0, 0.05) is 14.1 Å². The SMILES string of the molecule is CN(C)c1nc2ccccc2nc1C=O. The summed E-state index contributed by atoms with van der Waals surface area (Å²) in [6.45, 7) is 0. The van der Waals surface area contributed by atoms with Crippen LogP contribution in [0.4, 0.5) is 5.82 Å². The van der Waals surface area contributed by atoms with Crippen molar-refractivity contribution < 1.29 is 4.79 Å². The van der Waals surface area contributed by atoms with Crippen LogP contribution in [0.3, 0.4) is 0 Å². The molecule has 0 amide bonds. The Morgan fingerprint density at radius 3 is 2.27 bits per heavy atom. The van der Waals surface area contributed by atoms with Gasteiger partial charge in [0.15, 0.2) is 12.1 Å². The van der Waals surface area contributed by atoms with Gasteiger partial charge in [-0.05, 0) is 12.1 Å². The molecule has 0 bridgehead atoms. The van der Waals surface area contributed by atoms with Gasteiger partial charge >= 0.3 is 0 Å². The molecule has 0 radical (unpaired) electrons. The molecule has 0 aliphatic rings. The van der Waals surface area contributed by atoms with Crippen LogP contribution in [0.15, 0.2) is 24.3 Å². The molecular formula is C11H11N3O. The fourth-order valence-electron chi connectivity index (χ4n) is 1.41. The molecule has 0 fully saturated rings. The van der Waals surface area contributed by atoms with Gasteiger partial charge in [0.25, 0.3) is 0 Å². The maximum Gasteiger partial charge on any atom is 0.172 e. The summed E-state index contributed by atoms with van der Waals surface area (Å²) in [6.07, 6.45) is 0.731. The van der Waals surface area contributed by atoms with Crippen LogP contribution >= 0.6 is 0 Å². The molecule has 4 nitrogen and oxygen atoms in total. The number of aldehydes is 1. The first kappa shape index (κ1) is 9.58. The summed E-state index contributed by atoms with van der Waals surface area (Å²) in [6, 6.07) is 7.50. The van der Waals surface area contributed by atoms with Crippen LogP contribution < -0.4 is 4.90 Å². The van der Waals surface area contributed by atoms with E-state index in [1.807, 2.05) is 38.4 Å². The molecule has 0 saturated heterocycles. The zero-order chi connectivity index (χ0) is 10.8. The predicted octanol–water partition coefficient (Wildman–Crippen LogP) is 1.51. The first-order chi connectivity index (χ1) is 7.22. The Hall–Kier alpha value is -1.97. The molecule has 1 aromatic heterocycles. The van der Waals surface area contributed by atoms with Crippen LogP contribution in [0, 0.1) is 0 Å². The van der Waals surface area contributed by atoms with E-state index in [1.54, 1.807) is 4.90 Å². The molecular weight excluding hydrogens is 190 g/mol. The molecule has 76 valence electrons. The smallest absolute Gasteiger partial charge is 0.172 e. The maximum atomic E-state index is 10.8. The number of hydrogen-bond donors (Lipinski definition) is 0. The maximum absolute atomic E-state index is 10.8. The summed E-state index contributed by atoms with van der Waals surface area (Å²) < 4.78 is 0. The third kappa shape index (κ3) is 1.66. The first-order valence-electron chi connectivity index (χ1n) is 4.61. The van der Waals surface area contributed by atoms with Gasteiger partial charge < -0.3 is 4.90 Å². The molecule has 0 atom stereocenters. The summed E-state index contributed by atoms with van der Waals surface area (Å²) >= 11 is 0. The van der Waals surface area contributed by atoms with E-state index in [9.17, 15) is 4.79 Å². The monoisotopic (exact) mass is 201 g/mol. The Labute approximate surface area is 87.6 Å². The number of carbonyl (C=O) groups is 1. The average Bonchev–Trinajstić information content (AvgIpc) is 2.27. The third-order valence-corrected chi connectivity index (χ3v) is 2.11. The minimum atomic E-state index is 0.374. The van der Waals surface area contributed by atoms with Crippen molar-refractivity contribution in [3.05, 3.63) is 30.0 Å². The Kier molecular flexibility index (Phi) is 2.33. The number of carbonyl (C=O) groups excluding carboxylic acids is 1. The van der Waals surface area contributed by atoms with E-state index < -0.39 is 0 Å². The predicted molar refractivity (Wildman–Crippen MR) is 59.3 cm³/mol. The number of rotatable bonds is 2. The number of aromatic nitrogens is 2. The lowest BCUT2D eigenvalue weighted by Crippen LogP contribution is -2.14. The molecule has 0 N–H and O–H groups in total. The second kappa shape index (κ2) is 3.65. The van der Waals surface area contributed by atoms with Gasteiger partial charge in [-0.1, -0.05) is 12.1 Å². The van der Waals surface area contributed by atoms with E-state index in [2.05, 4.69) is 9.97 Å². The molecule has 2 aromatic rings. The fourth-order valence-corrected chi connectivity index (χ4v) is 1.41. The lowest BCUT2D eigenvalue weighted by atomic mass is 10.3. The summed E-state index contributed by atoms with van der Waals surface area (Å²) in [5.74, 6) is 0.601. The number of hydrogen-bond acceptors (Lipinski definition) is 4. The number of benzene rings is 1. The van der Waals surface area contributed by atoms with Crippen molar-refractivity contribution in [3.8, 4) is 0 Å². The second-order valence-electron chi connectivity index (χ2n) is 3.43. The van der Waals surface area contributed by atoms with Gasteiger partial charge in [-0.2, -0.15) is 0 Å². The molecule has 0 aliphatic heterocycles. The number of anilines is 1. The molecule has 1 heterocycles. The lowest BCUT2D eigenvalue weighted by molar-refractivity contribution is 0.111. The van der Waals surface area contributed by atoms with E-state index in [0.29, 0.717) is 11.5 Å². The van der Waals surface area contributed by atoms with Crippen LogP contribution in [0.5, 0.6) is 0 Å². The largest absolute Gasteiger partial charge is 0.361 e. The standard InChI is InChI=1S/C11H11N3O/c1-14(2)11-10(7-15)12-8-5-3-4-6-9(8)13-11/h3-7H,1-2H3. The van der Waals surface area contributed by atoms with Crippen LogP contribution in [-0.4, -0.2) is 30.3 Å². The third-order valence-electron chi connectivity index (χ3n) is 2.11. The zero-order valence-electron chi connectivity index (χ0n) is 8.64. The van der Waals surface area contributed by atoms with Crippen molar-refractivity contribution in [2.45, 2.75) is 0 Å². The van der Waals surface area contributed by atoms with Gasteiger partial charge in [0.05, 0.1) is 11.0 Å². The van der Waals surface area contributed by atoms with E-state index in [1.165, 1.54) is 0 Å². The van der Waals surface area contributed by atoms with Gasteiger partial charge in [0.1, 0.15) is 5.69 Å². The number of para-hydroxylation sites is 2. The lowest BCUT2D eigenvalue weighted by Gasteiger charge is -2.13. The van der Waals surface area contributed by atoms with Crippen LogP contribution in [0.1, 0.15) is 10.5 Å². The normalized spacial score (nSPS) is 10.3. The molecule has 0 aliphatic carbocycles. The van der Waals surface area contributed by atoms with Gasteiger partial charge in [0.2, 0.25) is 0 Å². The first-order valence-corrected chi connectivity index (χ1v) is 4.61. The minimum absolute atomic E-state index is 0.374. The Bertz CT molecular complexity index is 508. The Morgan fingerprint density at radius 1 is 1.13 bits per heavy atom. The Morgan fingerprint density at radius 2 is 1.73 bits per heavy atom. The zero-order valence-corrected chi connectivity index (χ0v) is 8.64. The molecule has 0 spiro atoms. The quantitative estimate of drug-likeness (QED) is 0.691. The summed E-state index contributed by atoms with van der Waals surface area (Å²) in [4.78, 5) is 21.2. The molecule has 0 unspecified atom stereocenters. The van der Waals surface area contributed by atoms with E-state index in [4.69, 9.17) is 0 Å². The molecule has 1 aromatic carbocycles. The highest BCUT2D eigenvalue weighted by Gasteiger charge is 2.08. The highest BCUT2D eigenvalue weighted by Crippen LogP contribution is 2.17. The highest BCUT2D eigenvalue weighted by molar-refractivity contribution is 5.86.